The summed E-state index contributed by atoms with van der Waals surface area (Å²) in [5.74, 6) is -0.706. The molecule has 2 fully saturated rings. The third kappa shape index (κ3) is 7.81. The van der Waals surface area contributed by atoms with Crippen LogP contribution in [-0.2, 0) is 27.4 Å². The third-order valence-corrected chi connectivity index (χ3v) is 7.33. The number of piperidine rings is 1. The van der Waals surface area contributed by atoms with E-state index in [-0.39, 0.29) is 25.0 Å². The Kier molecular flexibility index (Phi) is 9.94. The molecule has 2 atom stereocenters. The van der Waals surface area contributed by atoms with Crippen molar-refractivity contribution < 1.29 is 23.9 Å². The fourth-order valence-corrected chi connectivity index (χ4v) is 5.13. The first-order valence-electron chi connectivity index (χ1n) is 13.8. The van der Waals surface area contributed by atoms with Gasteiger partial charge in [-0.2, -0.15) is 0 Å². The molecule has 0 radical (unpaired) electrons. The number of likely N-dealkylation sites (tertiary alicyclic amines) is 2. The number of ketones is 1. The van der Waals surface area contributed by atoms with Gasteiger partial charge in [0.25, 0.3) is 0 Å². The van der Waals surface area contributed by atoms with Crippen LogP contribution in [0.3, 0.4) is 0 Å². The minimum atomic E-state index is -0.776. The van der Waals surface area contributed by atoms with E-state index in [1.54, 1.807) is 11.9 Å². The average molecular weight is 535 g/mol. The third-order valence-electron chi connectivity index (χ3n) is 7.33. The van der Waals surface area contributed by atoms with E-state index in [0.29, 0.717) is 38.9 Å². The fraction of sp³-hybridized carbons (Fsp3) is 0.467. The number of benzene rings is 2. The maximum absolute atomic E-state index is 13.4. The summed E-state index contributed by atoms with van der Waals surface area (Å²) in [7, 11) is 1.55. The number of nitrogens with zero attached hydrogens (tertiary/aromatic N) is 3. The highest BCUT2D eigenvalue weighted by Gasteiger charge is 2.37. The summed E-state index contributed by atoms with van der Waals surface area (Å²) in [4.78, 5) is 57.1. The van der Waals surface area contributed by atoms with Crippen molar-refractivity contribution in [3.63, 3.8) is 0 Å². The number of nitrogens with one attached hydrogen (secondary N) is 1. The van der Waals surface area contributed by atoms with Crippen LogP contribution < -0.4 is 5.32 Å². The van der Waals surface area contributed by atoms with E-state index >= 15 is 0 Å². The molecule has 2 aliphatic heterocycles. The molecular formula is C30H38N4O5. The predicted octanol–water partition coefficient (Wildman–Crippen LogP) is 3.62. The Hall–Kier alpha value is -3.88. The summed E-state index contributed by atoms with van der Waals surface area (Å²) >= 11 is 0. The first kappa shape index (κ1) is 28.1. The van der Waals surface area contributed by atoms with E-state index in [4.69, 9.17) is 4.74 Å². The van der Waals surface area contributed by atoms with E-state index in [0.717, 1.165) is 30.4 Å². The topological polar surface area (TPSA) is 99.3 Å². The monoisotopic (exact) mass is 534 g/mol. The van der Waals surface area contributed by atoms with Gasteiger partial charge in [-0.15, -0.1) is 0 Å². The molecule has 2 heterocycles. The summed E-state index contributed by atoms with van der Waals surface area (Å²) in [6.07, 6.45) is 4.53. The standard InChI is InChI=1S/C30H38N4O5/c1-32(30(38)34-19-11-16-26(34)28(36)39-22-24-14-7-3-8-15-24)21-27(35)25(20-23-12-5-2-6-13-23)31-29(37)33-17-9-4-10-18-33/h2-3,5-8,12-15,25-26H,4,9-11,16-22H2,1H3,(H,31,37)/t25-,26-/m0/s1. The lowest BCUT2D eigenvalue weighted by Crippen LogP contribution is -2.53. The number of rotatable bonds is 9. The first-order chi connectivity index (χ1) is 18.9. The van der Waals surface area contributed by atoms with Crippen molar-refractivity contribution in [3.8, 4) is 0 Å². The Morgan fingerprint density at radius 3 is 2.21 bits per heavy atom. The first-order valence-corrected chi connectivity index (χ1v) is 13.8. The van der Waals surface area contributed by atoms with Crippen molar-refractivity contribution in [1.82, 2.24) is 20.0 Å². The highest BCUT2D eigenvalue weighted by Crippen LogP contribution is 2.21. The molecule has 1 N–H and O–H groups in total. The van der Waals surface area contributed by atoms with Crippen LogP contribution in [0.1, 0.15) is 43.2 Å². The van der Waals surface area contributed by atoms with Crippen LogP contribution in [0.25, 0.3) is 0 Å². The lowest BCUT2D eigenvalue weighted by Gasteiger charge is -2.31. The predicted molar refractivity (Wildman–Crippen MR) is 147 cm³/mol. The summed E-state index contributed by atoms with van der Waals surface area (Å²) in [5.41, 5.74) is 1.80. The second-order valence-corrected chi connectivity index (χ2v) is 10.3. The maximum Gasteiger partial charge on any atom is 0.329 e. The van der Waals surface area contributed by atoms with Crippen molar-refractivity contribution in [2.75, 3.05) is 33.2 Å². The quantitative estimate of drug-likeness (QED) is 0.496. The molecule has 0 saturated carbocycles. The summed E-state index contributed by atoms with van der Waals surface area (Å²) in [6.45, 7) is 1.73. The number of amides is 4. The van der Waals surface area contributed by atoms with Gasteiger partial charge < -0.3 is 24.8 Å². The number of Topliss-reactive ketones (excluding diaryl/α,β-unsaturated/α-hetero) is 1. The molecule has 2 aromatic carbocycles. The van der Waals surface area contributed by atoms with Crippen LogP contribution in [0.15, 0.2) is 60.7 Å². The Bertz CT molecular complexity index is 1120. The van der Waals surface area contributed by atoms with Crippen LogP contribution in [0.5, 0.6) is 0 Å². The van der Waals surface area contributed by atoms with Gasteiger partial charge in [0, 0.05) is 26.7 Å². The molecule has 0 unspecified atom stereocenters. The van der Waals surface area contributed by atoms with Crippen LogP contribution in [0, 0.1) is 0 Å². The second kappa shape index (κ2) is 13.8. The minimum absolute atomic E-state index is 0.143. The molecule has 2 aliphatic rings. The highest BCUT2D eigenvalue weighted by atomic mass is 16.5. The number of urea groups is 2. The molecule has 0 aliphatic carbocycles. The summed E-state index contributed by atoms with van der Waals surface area (Å²) in [5, 5.41) is 2.92. The molecule has 4 rings (SSSR count). The zero-order valence-corrected chi connectivity index (χ0v) is 22.6. The number of ether oxygens (including phenoxy) is 1. The number of hydrogen-bond donors (Lipinski definition) is 1. The van der Waals surface area contributed by atoms with Crippen molar-refractivity contribution in [1.29, 1.82) is 0 Å². The molecule has 0 bridgehead atoms. The van der Waals surface area contributed by atoms with E-state index < -0.39 is 24.1 Å². The molecule has 2 aromatic rings. The number of esters is 1. The fourth-order valence-electron chi connectivity index (χ4n) is 5.13. The second-order valence-electron chi connectivity index (χ2n) is 10.3. The van der Waals surface area contributed by atoms with Crippen molar-refractivity contribution in [2.45, 2.75) is 57.2 Å². The Morgan fingerprint density at radius 2 is 1.54 bits per heavy atom. The highest BCUT2D eigenvalue weighted by molar-refractivity contribution is 5.93. The maximum atomic E-state index is 13.4. The van der Waals surface area contributed by atoms with Gasteiger partial charge in [0.2, 0.25) is 0 Å². The van der Waals surface area contributed by atoms with Gasteiger partial charge in [0.15, 0.2) is 5.78 Å². The van der Waals surface area contributed by atoms with Crippen LogP contribution in [0.4, 0.5) is 9.59 Å². The number of hydrogen-bond acceptors (Lipinski definition) is 5. The van der Waals surface area contributed by atoms with Gasteiger partial charge in [0.05, 0.1) is 12.6 Å². The zero-order chi connectivity index (χ0) is 27.6. The average Bonchev–Trinajstić information content (AvgIpc) is 3.47. The van der Waals surface area contributed by atoms with E-state index in [1.807, 2.05) is 60.7 Å². The van der Waals surface area contributed by atoms with Gasteiger partial charge in [-0.25, -0.2) is 14.4 Å². The lowest BCUT2D eigenvalue weighted by molar-refractivity contribution is -0.149. The molecule has 4 amide bonds. The Morgan fingerprint density at radius 1 is 0.897 bits per heavy atom. The van der Waals surface area contributed by atoms with Crippen molar-refractivity contribution in [3.05, 3.63) is 71.8 Å². The smallest absolute Gasteiger partial charge is 0.329 e. The van der Waals surface area contributed by atoms with Gasteiger partial charge >= 0.3 is 18.0 Å². The number of carbonyl (C=O) groups excluding carboxylic acids is 4. The largest absolute Gasteiger partial charge is 0.459 e. The lowest BCUT2D eigenvalue weighted by atomic mass is 10.0. The van der Waals surface area contributed by atoms with Gasteiger partial charge in [0.1, 0.15) is 12.6 Å². The Labute approximate surface area is 230 Å². The normalized spacial score (nSPS) is 17.8. The van der Waals surface area contributed by atoms with Gasteiger partial charge in [-0.3, -0.25) is 4.79 Å². The molecular weight excluding hydrogens is 496 g/mol. The van der Waals surface area contributed by atoms with E-state index in [9.17, 15) is 19.2 Å². The van der Waals surface area contributed by atoms with E-state index in [2.05, 4.69) is 5.32 Å². The molecule has 0 aromatic heterocycles. The van der Waals surface area contributed by atoms with Crippen LogP contribution in [-0.4, -0.2) is 83.8 Å². The number of likely N-dealkylation sites (N-methyl/N-ethyl adjacent to an activating group) is 1. The van der Waals surface area contributed by atoms with Gasteiger partial charge in [-0.1, -0.05) is 60.7 Å². The van der Waals surface area contributed by atoms with Crippen LogP contribution >= 0.6 is 0 Å². The molecule has 9 heteroatoms. The molecule has 208 valence electrons. The minimum Gasteiger partial charge on any atom is -0.459 e. The summed E-state index contributed by atoms with van der Waals surface area (Å²) < 4.78 is 5.49. The number of carbonyl (C=O) groups is 4. The molecule has 9 nitrogen and oxygen atoms in total. The Balaban J connectivity index is 1.37. The molecule has 2 saturated heterocycles. The summed E-state index contributed by atoms with van der Waals surface area (Å²) in [6, 6.07) is 16.8. The SMILES string of the molecule is CN(CC(=O)[C@H](Cc1ccccc1)NC(=O)N1CCCCC1)C(=O)N1CCC[C@H]1C(=O)OCc1ccccc1. The van der Waals surface area contributed by atoms with Crippen LogP contribution in [0.2, 0.25) is 0 Å². The van der Waals surface area contributed by atoms with Crippen molar-refractivity contribution >= 4 is 23.8 Å². The zero-order valence-electron chi connectivity index (χ0n) is 22.6. The molecule has 39 heavy (non-hydrogen) atoms. The van der Waals surface area contributed by atoms with Gasteiger partial charge in [-0.05, 0) is 49.7 Å². The molecule has 0 spiro atoms. The van der Waals surface area contributed by atoms with E-state index in [1.165, 1.54) is 9.80 Å². The van der Waals surface area contributed by atoms with Crippen molar-refractivity contribution in [2.24, 2.45) is 0 Å².